The van der Waals surface area contributed by atoms with E-state index in [2.05, 4.69) is 5.32 Å². The number of nitrogens with one attached hydrogen (secondary N) is 2. The summed E-state index contributed by atoms with van der Waals surface area (Å²) >= 11 is 0. The molecule has 138 valence electrons. The summed E-state index contributed by atoms with van der Waals surface area (Å²) in [5.41, 5.74) is 0.302. The minimum absolute atomic E-state index is 0.0688. The Labute approximate surface area is 149 Å². The SMILES string of the molecule is COCCOc1cccc(CNC(=O)C(=O)Nc2cccc(F)c2F)c1. The second-order valence-corrected chi connectivity index (χ2v) is 5.23. The molecule has 0 aliphatic rings. The summed E-state index contributed by atoms with van der Waals surface area (Å²) in [4.78, 5) is 23.6. The number of hydrogen-bond acceptors (Lipinski definition) is 4. The van der Waals surface area contributed by atoms with Crippen molar-refractivity contribution in [3.8, 4) is 5.75 Å². The highest BCUT2D eigenvalue weighted by Gasteiger charge is 2.16. The van der Waals surface area contributed by atoms with Gasteiger partial charge >= 0.3 is 11.8 Å². The van der Waals surface area contributed by atoms with Crippen LogP contribution in [0.15, 0.2) is 42.5 Å². The van der Waals surface area contributed by atoms with Crippen LogP contribution in [-0.2, 0) is 20.9 Å². The molecule has 0 saturated carbocycles. The molecule has 6 nitrogen and oxygen atoms in total. The number of carbonyl (C=O) groups is 2. The van der Waals surface area contributed by atoms with Gasteiger partial charge in [-0.25, -0.2) is 8.78 Å². The molecule has 2 amide bonds. The number of rotatable bonds is 7. The minimum atomic E-state index is -1.23. The second kappa shape index (κ2) is 9.47. The van der Waals surface area contributed by atoms with Crippen molar-refractivity contribution in [3.63, 3.8) is 0 Å². The van der Waals surface area contributed by atoms with Gasteiger partial charge < -0.3 is 20.1 Å². The van der Waals surface area contributed by atoms with Crippen molar-refractivity contribution in [1.29, 1.82) is 0 Å². The third-order valence-electron chi connectivity index (χ3n) is 3.31. The molecule has 2 rings (SSSR count). The number of ether oxygens (including phenoxy) is 2. The zero-order chi connectivity index (χ0) is 18.9. The fourth-order valence-corrected chi connectivity index (χ4v) is 2.03. The summed E-state index contributed by atoms with van der Waals surface area (Å²) in [7, 11) is 1.57. The Morgan fingerprint density at radius 1 is 1.04 bits per heavy atom. The van der Waals surface area contributed by atoms with Crippen molar-refractivity contribution >= 4 is 17.5 Å². The van der Waals surface area contributed by atoms with E-state index in [9.17, 15) is 18.4 Å². The van der Waals surface area contributed by atoms with Crippen LogP contribution in [-0.4, -0.2) is 32.1 Å². The lowest BCUT2D eigenvalue weighted by Gasteiger charge is -2.09. The Morgan fingerprint density at radius 2 is 1.81 bits per heavy atom. The van der Waals surface area contributed by atoms with Crippen molar-refractivity contribution in [3.05, 3.63) is 59.7 Å². The summed E-state index contributed by atoms with van der Waals surface area (Å²) in [6.45, 7) is 0.894. The van der Waals surface area contributed by atoms with Gasteiger partial charge in [-0.2, -0.15) is 0 Å². The highest BCUT2D eigenvalue weighted by Crippen LogP contribution is 2.16. The lowest BCUT2D eigenvalue weighted by molar-refractivity contribution is -0.136. The maximum absolute atomic E-state index is 13.5. The largest absolute Gasteiger partial charge is 0.491 e. The third kappa shape index (κ3) is 5.52. The number of hydrogen-bond donors (Lipinski definition) is 2. The lowest BCUT2D eigenvalue weighted by Crippen LogP contribution is -2.35. The van der Waals surface area contributed by atoms with Crippen LogP contribution in [0.5, 0.6) is 5.75 Å². The summed E-state index contributed by atoms with van der Waals surface area (Å²) in [6, 6.07) is 10.2. The molecule has 2 aromatic rings. The Balaban J connectivity index is 1.88. The fraction of sp³-hybridized carbons (Fsp3) is 0.222. The van der Waals surface area contributed by atoms with Gasteiger partial charge in [0.2, 0.25) is 0 Å². The van der Waals surface area contributed by atoms with Gasteiger partial charge in [-0.3, -0.25) is 9.59 Å². The van der Waals surface area contributed by atoms with Crippen molar-refractivity contribution in [2.45, 2.75) is 6.54 Å². The molecule has 0 aromatic heterocycles. The molecule has 0 unspecified atom stereocenters. The zero-order valence-electron chi connectivity index (χ0n) is 14.1. The molecule has 0 fully saturated rings. The highest BCUT2D eigenvalue weighted by atomic mass is 19.2. The van der Waals surface area contributed by atoms with Crippen LogP contribution in [0.2, 0.25) is 0 Å². The predicted molar refractivity (Wildman–Crippen MR) is 90.6 cm³/mol. The number of amides is 2. The molecule has 0 spiro atoms. The maximum Gasteiger partial charge on any atom is 0.313 e. The molecule has 0 heterocycles. The smallest absolute Gasteiger partial charge is 0.313 e. The normalized spacial score (nSPS) is 10.3. The second-order valence-electron chi connectivity index (χ2n) is 5.23. The fourth-order valence-electron chi connectivity index (χ4n) is 2.03. The van der Waals surface area contributed by atoms with Crippen molar-refractivity contribution < 1.29 is 27.8 Å². The molecular weight excluding hydrogens is 346 g/mol. The van der Waals surface area contributed by atoms with Crippen LogP contribution in [0, 0.1) is 11.6 Å². The first-order valence-corrected chi connectivity index (χ1v) is 7.75. The predicted octanol–water partition coefficient (Wildman–Crippen LogP) is 2.24. The van der Waals surface area contributed by atoms with E-state index < -0.39 is 29.1 Å². The lowest BCUT2D eigenvalue weighted by atomic mass is 10.2. The number of anilines is 1. The summed E-state index contributed by atoms with van der Waals surface area (Å²) in [5, 5.41) is 4.43. The monoisotopic (exact) mass is 364 g/mol. The van der Waals surface area contributed by atoms with Gasteiger partial charge in [0, 0.05) is 13.7 Å². The van der Waals surface area contributed by atoms with E-state index in [1.54, 1.807) is 31.4 Å². The number of benzene rings is 2. The van der Waals surface area contributed by atoms with Crippen LogP contribution in [0.4, 0.5) is 14.5 Å². The van der Waals surface area contributed by atoms with Gasteiger partial charge in [-0.1, -0.05) is 18.2 Å². The number of methoxy groups -OCH3 is 1. The molecule has 0 atom stereocenters. The average molecular weight is 364 g/mol. The molecule has 8 heteroatoms. The van der Waals surface area contributed by atoms with Crippen LogP contribution in [0.25, 0.3) is 0 Å². The van der Waals surface area contributed by atoms with Gasteiger partial charge in [0.15, 0.2) is 11.6 Å². The van der Waals surface area contributed by atoms with E-state index in [1.807, 2.05) is 5.32 Å². The van der Waals surface area contributed by atoms with E-state index >= 15 is 0 Å². The van der Waals surface area contributed by atoms with Crippen LogP contribution in [0.1, 0.15) is 5.56 Å². The summed E-state index contributed by atoms with van der Waals surface area (Å²) in [6.07, 6.45) is 0. The number of carbonyl (C=O) groups excluding carboxylic acids is 2. The molecular formula is C18H18F2N2O4. The topological polar surface area (TPSA) is 76.7 Å². The zero-order valence-corrected chi connectivity index (χ0v) is 14.1. The van der Waals surface area contributed by atoms with Crippen molar-refractivity contribution in [2.75, 3.05) is 25.6 Å². The standard InChI is InChI=1S/C18H18F2N2O4/c1-25-8-9-26-13-5-2-4-12(10-13)11-21-17(23)18(24)22-15-7-3-6-14(19)16(15)20/h2-7,10H,8-9,11H2,1H3,(H,21,23)(H,22,24). The van der Waals surface area contributed by atoms with Crippen molar-refractivity contribution in [1.82, 2.24) is 5.32 Å². The molecule has 0 saturated heterocycles. The van der Waals surface area contributed by atoms with Gasteiger partial charge in [0.05, 0.1) is 12.3 Å². The van der Waals surface area contributed by atoms with E-state index in [1.165, 1.54) is 6.07 Å². The van der Waals surface area contributed by atoms with Gasteiger partial charge in [0.1, 0.15) is 12.4 Å². The quantitative estimate of drug-likeness (QED) is 0.584. The average Bonchev–Trinajstić information content (AvgIpc) is 2.64. The molecule has 0 aliphatic heterocycles. The first-order valence-electron chi connectivity index (χ1n) is 7.75. The maximum atomic E-state index is 13.5. The molecule has 0 aliphatic carbocycles. The first-order chi connectivity index (χ1) is 12.5. The molecule has 2 aromatic carbocycles. The summed E-state index contributed by atoms with van der Waals surface area (Å²) in [5.74, 6) is -3.82. The Bertz CT molecular complexity index is 784. The summed E-state index contributed by atoms with van der Waals surface area (Å²) < 4.78 is 36.9. The molecule has 26 heavy (non-hydrogen) atoms. The van der Waals surface area contributed by atoms with Gasteiger partial charge in [-0.05, 0) is 29.8 Å². The highest BCUT2D eigenvalue weighted by molar-refractivity contribution is 6.39. The Hall–Kier alpha value is -3.00. The Kier molecular flexibility index (Phi) is 7.04. The number of halogens is 2. The van der Waals surface area contributed by atoms with Gasteiger partial charge in [-0.15, -0.1) is 0 Å². The minimum Gasteiger partial charge on any atom is -0.491 e. The Morgan fingerprint density at radius 3 is 2.58 bits per heavy atom. The molecule has 0 bridgehead atoms. The van der Waals surface area contributed by atoms with Crippen LogP contribution >= 0.6 is 0 Å². The van der Waals surface area contributed by atoms with Gasteiger partial charge in [0.25, 0.3) is 0 Å². The van der Waals surface area contributed by atoms with E-state index in [0.29, 0.717) is 24.5 Å². The van der Waals surface area contributed by atoms with Crippen LogP contribution in [0.3, 0.4) is 0 Å². The van der Waals surface area contributed by atoms with Crippen LogP contribution < -0.4 is 15.4 Å². The molecule has 0 radical (unpaired) electrons. The first kappa shape index (κ1) is 19.3. The van der Waals surface area contributed by atoms with Crippen molar-refractivity contribution in [2.24, 2.45) is 0 Å². The van der Waals surface area contributed by atoms with E-state index in [0.717, 1.165) is 12.1 Å². The molecule has 2 N–H and O–H groups in total. The van der Waals surface area contributed by atoms with E-state index in [4.69, 9.17) is 9.47 Å². The van der Waals surface area contributed by atoms with E-state index in [-0.39, 0.29) is 6.54 Å². The third-order valence-corrected chi connectivity index (χ3v) is 3.31.